The van der Waals surface area contributed by atoms with Crippen molar-refractivity contribution in [2.45, 2.75) is 6.92 Å². The summed E-state index contributed by atoms with van der Waals surface area (Å²) < 4.78 is 5.54. The second-order valence-electron chi connectivity index (χ2n) is 5.49. The second kappa shape index (κ2) is 9.27. The fourth-order valence-corrected chi connectivity index (χ4v) is 2.10. The van der Waals surface area contributed by atoms with Crippen molar-refractivity contribution in [2.24, 2.45) is 0 Å². The molecule has 2 rings (SSSR count). The van der Waals surface area contributed by atoms with Crippen molar-refractivity contribution >= 4 is 17.9 Å². The highest BCUT2D eigenvalue weighted by Gasteiger charge is 2.01. The number of ether oxygens (including phenoxy) is 1. The van der Waals surface area contributed by atoms with Gasteiger partial charge in [0.1, 0.15) is 12.4 Å². The van der Waals surface area contributed by atoms with Crippen molar-refractivity contribution in [1.29, 1.82) is 0 Å². The summed E-state index contributed by atoms with van der Waals surface area (Å²) in [6, 6.07) is 14.8. The first-order chi connectivity index (χ1) is 12.1. The van der Waals surface area contributed by atoms with Crippen LogP contribution in [-0.4, -0.2) is 32.0 Å². The predicted octanol–water partition coefficient (Wildman–Crippen LogP) is 2.56. The van der Waals surface area contributed by atoms with Crippen molar-refractivity contribution in [3.05, 3.63) is 71.3 Å². The predicted molar refractivity (Wildman–Crippen MR) is 98.5 cm³/mol. The van der Waals surface area contributed by atoms with Gasteiger partial charge in [-0.15, -0.1) is 0 Å². The lowest BCUT2D eigenvalue weighted by Crippen LogP contribution is -2.26. The summed E-state index contributed by atoms with van der Waals surface area (Å²) in [7, 11) is 1.59. The molecule has 0 unspecified atom stereocenters. The number of benzene rings is 2. The molecule has 5 nitrogen and oxygen atoms in total. The highest BCUT2D eigenvalue weighted by Crippen LogP contribution is 2.10. The average Bonchev–Trinajstić information content (AvgIpc) is 2.64. The summed E-state index contributed by atoms with van der Waals surface area (Å²) >= 11 is 0. The molecular formula is C20H22N2O3. The number of amides is 2. The zero-order valence-electron chi connectivity index (χ0n) is 14.4. The van der Waals surface area contributed by atoms with E-state index in [0.29, 0.717) is 18.7 Å². The van der Waals surface area contributed by atoms with Crippen LogP contribution in [0.25, 0.3) is 6.08 Å². The Labute approximate surface area is 147 Å². The van der Waals surface area contributed by atoms with Crippen molar-refractivity contribution in [1.82, 2.24) is 10.6 Å². The molecule has 0 saturated heterocycles. The molecule has 25 heavy (non-hydrogen) atoms. The SMILES string of the molecule is CNC(=O)c1ccc(/C=C/C(=O)NCCOc2ccc(C)cc2)cc1. The summed E-state index contributed by atoms with van der Waals surface area (Å²) in [5.74, 6) is 0.455. The van der Waals surface area contributed by atoms with E-state index in [-0.39, 0.29) is 11.8 Å². The van der Waals surface area contributed by atoms with Gasteiger partial charge in [-0.1, -0.05) is 29.8 Å². The zero-order chi connectivity index (χ0) is 18.1. The Morgan fingerprint density at radius 1 is 1.04 bits per heavy atom. The summed E-state index contributed by atoms with van der Waals surface area (Å²) in [6.45, 7) is 2.85. The first-order valence-corrected chi connectivity index (χ1v) is 8.06. The molecular weight excluding hydrogens is 316 g/mol. The first-order valence-electron chi connectivity index (χ1n) is 8.06. The van der Waals surface area contributed by atoms with E-state index in [0.717, 1.165) is 11.3 Å². The molecule has 0 aromatic heterocycles. The van der Waals surface area contributed by atoms with Gasteiger partial charge in [0.2, 0.25) is 5.91 Å². The minimum atomic E-state index is -0.192. The van der Waals surface area contributed by atoms with E-state index < -0.39 is 0 Å². The normalized spacial score (nSPS) is 10.5. The second-order valence-corrected chi connectivity index (χ2v) is 5.49. The Balaban J connectivity index is 1.73. The van der Waals surface area contributed by atoms with E-state index in [2.05, 4.69) is 10.6 Å². The van der Waals surface area contributed by atoms with Gasteiger partial charge in [0.25, 0.3) is 5.91 Å². The van der Waals surface area contributed by atoms with Crippen LogP contribution in [0.5, 0.6) is 5.75 Å². The molecule has 0 aliphatic carbocycles. The zero-order valence-corrected chi connectivity index (χ0v) is 14.4. The molecule has 5 heteroatoms. The lowest BCUT2D eigenvalue weighted by molar-refractivity contribution is -0.116. The highest BCUT2D eigenvalue weighted by atomic mass is 16.5. The highest BCUT2D eigenvalue weighted by molar-refractivity contribution is 5.94. The minimum Gasteiger partial charge on any atom is -0.492 e. The summed E-state index contributed by atoms with van der Waals surface area (Å²) in [6.07, 6.45) is 3.16. The molecule has 0 fully saturated rings. The van der Waals surface area contributed by atoms with Gasteiger partial charge in [0.15, 0.2) is 0 Å². The third-order valence-electron chi connectivity index (χ3n) is 3.52. The van der Waals surface area contributed by atoms with E-state index in [1.807, 2.05) is 31.2 Å². The molecule has 0 heterocycles. The van der Waals surface area contributed by atoms with Gasteiger partial charge >= 0.3 is 0 Å². The quantitative estimate of drug-likeness (QED) is 0.602. The van der Waals surface area contributed by atoms with Crippen LogP contribution < -0.4 is 15.4 Å². The molecule has 0 aliphatic heterocycles. The van der Waals surface area contributed by atoms with Gasteiger partial charge in [0, 0.05) is 18.7 Å². The molecule has 0 spiro atoms. The van der Waals surface area contributed by atoms with Crippen LogP contribution in [-0.2, 0) is 4.79 Å². The molecule has 2 aromatic rings. The molecule has 0 atom stereocenters. The van der Waals surface area contributed by atoms with Gasteiger partial charge in [-0.25, -0.2) is 0 Å². The smallest absolute Gasteiger partial charge is 0.251 e. The number of rotatable bonds is 7. The molecule has 0 radical (unpaired) electrons. The Bertz CT molecular complexity index is 735. The van der Waals surface area contributed by atoms with Crippen LogP contribution in [0, 0.1) is 6.92 Å². The molecule has 2 aromatic carbocycles. The standard InChI is InChI=1S/C20H22N2O3/c1-15-3-10-18(11-4-15)25-14-13-22-19(23)12-7-16-5-8-17(9-6-16)20(24)21-2/h3-12H,13-14H2,1-2H3,(H,21,24)(H,22,23)/b12-7+. The first kappa shape index (κ1) is 18.3. The Morgan fingerprint density at radius 2 is 1.72 bits per heavy atom. The number of nitrogens with one attached hydrogen (secondary N) is 2. The minimum absolute atomic E-state index is 0.137. The van der Waals surface area contributed by atoms with Crippen LogP contribution in [0.2, 0.25) is 0 Å². The molecule has 130 valence electrons. The maximum Gasteiger partial charge on any atom is 0.251 e. The fraction of sp³-hybridized carbons (Fsp3) is 0.200. The molecule has 0 aliphatic rings. The van der Waals surface area contributed by atoms with Crippen molar-refractivity contribution < 1.29 is 14.3 Å². The van der Waals surface area contributed by atoms with E-state index in [1.54, 1.807) is 37.4 Å². The van der Waals surface area contributed by atoms with Gasteiger partial charge in [-0.2, -0.15) is 0 Å². The number of carbonyl (C=O) groups is 2. The van der Waals surface area contributed by atoms with Crippen molar-refractivity contribution in [3.63, 3.8) is 0 Å². The average molecular weight is 338 g/mol. The third-order valence-corrected chi connectivity index (χ3v) is 3.52. The van der Waals surface area contributed by atoms with Crippen LogP contribution in [0.1, 0.15) is 21.5 Å². The number of aryl methyl sites for hydroxylation is 1. The van der Waals surface area contributed by atoms with Gasteiger partial charge in [-0.3, -0.25) is 9.59 Å². The van der Waals surface area contributed by atoms with E-state index in [9.17, 15) is 9.59 Å². The maximum absolute atomic E-state index is 11.8. The van der Waals surface area contributed by atoms with E-state index in [1.165, 1.54) is 11.6 Å². The maximum atomic E-state index is 11.8. The monoisotopic (exact) mass is 338 g/mol. The lowest BCUT2D eigenvalue weighted by atomic mass is 10.1. The van der Waals surface area contributed by atoms with Gasteiger partial charge < -0.3 is 15.4 Å². The number of carbonyl (C=O) groups excluding carboxylic acids is 2. The number of hydrogen-bond acceptors (Lipinski definition) is 3. The van der Waals surface area contributed by atoms with Crippen LogP contribution >= 0.6 is 0 Å². The molecule has 2 amide bonds. The van der Waals surface area contributed by atoms with Crippen LogP contribution in [0.3, 0.4) is 0 Å². The Morgan fingerprint density at radius 3 is 2.36 bits per heavy atom. The fourth-order valence-electron chi connectivity index (χ4n) is 2.10. The van der Waals surface area contributed by atoms with Crippen LogP contribution in [0.15, 0.2) is 54.6 Å². The van der Waals surface area contributed by atoms with E-state index >= 15 is 0 Å². The van der Waals surface area contributed by atoms with Gasteiger partial charge in [-0.05, 0) is 42.8 Å². The summed E-state index contributed by atoms with van der Waals surface area (Å²) in [4.78, 5) is 23.2. The lowest BCUT2D eigenvalue weighted by Gasteiger charge is -2.06. The van der Waals surface area contributed by atoms with Gasteiger partial charge in [0.05, 0.1) is 6.54 Å². The topological polar surface area (TPSA) is 67.4 Å². The summed E-state index contributed by atoms with van der Waals surface area (Å²) in [5, 5.41) is 5.32. The van der Waals surface area contributed by atoms with Crippen molar-refractivity contribution in [3.8, 4) is 5.75 Å². The number of hydrogen-bond donors (Lipinski definition) is 2. The third kappa shape index (κ3) is 6.14. The molecule has 0 bridgehead atoms. The Hall–Kier alpha value is -3.08. The molecule has 0 saturated carbocycles. The summed E-state index contributed by atoms with van der Waals surface area (Å²) in [5.41, 5.74) is 2.60. The van der Waals surface area contributed by atoms with E-state index in [4.69, 9.17) is 4.74 Å². The van der Waals surface area contributed by atoms with Crippen molar-refractivity contribution in [2.75, 3.05) is 20.2 Å². The van der Waals surface area contributed by atoms with Crippen LogP contribution in [0.4, 0.5) is 0 Å². The largest absolute Gasteiger partial charge is 0.492 e. The molecule has 2 N–H and O–H groups in total. The Kier molecular flexibility index (Phi) is 6.77.